The van der Waals surface area contributed by atoms with Gasteiger partial charge >= 0.3 is 6.09 Å². The standard InChI is InChI=1S/C15H13ClN2O6S/c1-2-23-15(19)17-25(22,14-9-3-11(16)4-10-14)24-13-7-5-12(6-8-13)18(20)21/h3-10H,2H2,1H3/t25-/m1/s1. The van der Waals surface area contributed by atoms with Gasteiger partial charge in [0.15, 0.2) is 0 Å². The molecule has 0 aliphatic carbocycles. The van der Waals surface area contributed by atoms with Crippen LogP contribution in [0.15, 0.2) is 57.8 Å². The quantitative estimate of drug-likeness (QED) is 0.563. The molecule has 8 nitrogen and oxygen atoms in total. The van der Waals surface area contributed by atoms with E-state index in [9.17, 15) is 19.1 Å². The Bertz CT molecular complexity index is 889. The first-order valence-corrected chi connectivity index (χ1v) is 8.79. The molecule has 2 aromatic carbocycles. The molecule has 1 atom stereocenters. The fraction of sp³-hybridized carbons (Fsp3) is 0.133. The smallest absolute Gasteiger partial charge is 0.444 e. The summed E-state index contributed by atoms with van der Waals surface area (Å²) in [6.07, 6.45) is -1.05. The van der Waals surface area contributed by atoms with Gasteiger partial charge in [-0.2, -0.15) is 0 Å². The number of halogens is 1. The number of nitrogens with zero attached hydrogens (tertiary/aromatic N) is 2. The van der Waals surface area contributed by atoms with Crippen LogP contribution in [0.3, 0.4) is 0 Å². The Balaban J connectivity index is 2.44. The molecule has 10 heteroatoms. The molecule has 25 heavy (non-hydrogen) atoms. The van der Waals surface area contributed by atoms with Crippen LogP contribution in [-0.4, -0.2) is 21.8 Å². The highest BCUT2D eigenvalue weighted by Crippen LogP contribution is 2.24. The molecule has 1 amide bonds. The highest BCUT2D eigenvalue weighted by molar-refractivity contribution is 7.89. The first kappa shape index (κ1) is 18.7. The Hall–Kier alpha value is -2.65. The van der Waals surface area contributed by atoms with Crippen molar-refractivity contribution in [1.82, 2.24) is 0 Å². The Labute approximate surface area is 148 Å². The molecule has 0 aromatic heterocycles. The van der Waals surface area contributed by atoms with Gasteiger partial charge in [-0.15, -0.1) is 0 Å². The van der Waals surface area contributed by atoms with Crippen LogP contribution in [0.5, 0.6) is 5.75 Å². The van der Waals surface area contributed by atoms with E-state index in [1.165, 1.54) is 48.5 Å². The van der Waals surface area contributed by atoms with Gasteiger partial charge in [0.1, 0.15) is 5.75 Å². The highest BCUT2D eigenvalue weighted by Gasteiger charge is 2.19. The normalized spacial score (nSPS) is 12.7. The Morgan fingerprint density at radius 3 is 2.32 bits per heavy atom. The van der Waals surface area contributed by atoms with Gasteiger partial charge in [-0.05, 0) is 43.3 Å². The summed E-state index contributed by atoms with van der Waals surface area (Å²) in [7, 11) is -3.67. The van der Waals surface area contributed by atoms with Crippen molar-refractivity contribution in [3.8, 4) is 5.75 Å². The minimum absolute atomic E-state index is 0.0404. The van der Waals surface area contributed by atoms with E-state index in [4.69, 9.17) is 20.5 Å². The van der Waals surface area contributed by atoms with Crippen LogP contribution in [0, 0.1) is 10.1 Å². The average molecular weight is 385 g/mol. The van der Waals surface area contributed by atoms with Gasteiger partial charge in [-0.3, -0.25) is 10.1 Å². The van der Waals surface area contributed by atoms with Crippen LogP contribution in [0.4, 0.5) is 10.5 Å². The lowest BCUT2D eigenvalue weighted by molar-refractivity contribution is -0.384. The van der Waals surface area contributed by atoms with Crippen LogP contribution >= 0.6 is 11.6 Å². The predicted molar refractivity (Wildman–Crippen MR) is 91.0 cm³/mol. The van der Waals surface area contributed by atoms with Crippen LogP contribution in [-0.2, 0) is 14.7 Å². The molecular weight excluding hydrogens is 372 g/mol. The van der Waals surface area contributed by atoms with Crippen LogP contribution < -0.4 is 4.18 Å². The SMILES string of the molecule is CCOC(=O)N=[S@](=O)(Oc1ccc([N+](=O)[O-])cc1)c1ccc(Cl)cc1. The average Bonchev–Trinajstić information content (AvgIpc) is 2.55. The molecule has 0 saturated heterocycles. The summed E-state index contributed by atoms with van der Waals surface area (Å²) in [5, 5.41) is 11.1. The molecule has 0 aliphatic heterocycles. The van der Waals surface area contributed by atoms with E-state index in [1.54, 1.807) is 6.92 Å². The third-order valence-corrected chi connectivity index (χ3v) is 4.76. The molecule has 0 fully saturated rings. The number of rotatable bonds is 5. The fourth-order valence-corrected chi connectivity index (χ4v) is 3.19. The van der Waals surface area contributed by atoms with Crippen LogP contribution in [0.2, 0.25) is 5.02 Å². The number of carbonyl (C=O) groups is 1. The minimum Gasteiger partial charge on any atom is -0.448 e. The molecule has 0 aliphatic rings. The monoisotopic (exact) mass is 384 g/mol. The van der Waals surface area contributed by atoms with E-state index in [0.717, 1.165) is 0 Å². The molecule has 2 aromatic rings. The minimum atomic E-state index is -3.67. The van der Waals surface area contributed by atoms with Crippen molar-refractivity contribution >= 4 is 33.4 Å². The lowest BCUT2D eigenvalue weighted by atomic mass is 10.3. The summed E-state index contributed by atoms with van der Waals surface area (Å²) in [5.74, 6) is 0.0404. The second kappa shape index (κ2) is 7.95. The number of amides is 1. The summed E-state index contributed by atoms with van der Waals surface area (Å²) in [4.78, 5) is 21.9. The maximum Gasteiger partial charge on any atom is 0.444 e. The van der Waals surface area contributed by atoms with Gasteiger partial charge in [-0.25, -0.2) is 9.00 Å². The zero-order valence-electron chi connectivity index (χ0n) is 13.0. The van der Waals surface area contributed by atoms with Gasteiger partial charge in [0.25, 0.3) is 5.69 Å². The molecule has 0 unspecified atom stereocenters. The van der Waals surface area contributed by atoms with Crippen molar-refractivity contribution in [3.63, 3.8) is 0 Å². The predicted octanol–water partition coefficient (Wildman–Crippen LogP) is 4.23. The van der Waals surface area contributed by atoms with Gasteiger partial charge in [0.05, 0.1) is 16.4 Å². The molecule has 0 spiro atoms. The van der Waals surface area contributed by atoms with E-state index >= 15 is 0 Å². The van der Waals surface area contributed by atoms with Crippen molar-refractivity contribution in [3.05, 3.63) is 63.7 Å². The van der Waals surface area contributed by atoms with Crippen molar-refractivity contribution < 1.29 is 22.8 Å². The molecule has 0 N–H and O–H groups in total. The van der Waals surface area contributed by atoms with Crippen molar-refractivity contribution in [2.45, 2.75) is 11.8 Å². The van der Waals surface area contributed by atoms with Crippen LogP contribution in [0.25, 0.3) is 0 Å². The Morgan fingerprint density at radius 2 is 1.80 bits per heavy atom. The molecule has 0 bridgehead atoms. The van der Waals surface area contributed by atoms with E-state index in [1.807, 2.05) is 0 Å². The number of non-ortho nitro benzene ring substituents is 1. The van der Waals surface area contributed by atoms with E-state index in [-0.39, 0.29) is 22.9 Å². The highest BCUT2D eigenvalue weighted by atomic mass is 35.5. The van der Waals surface area contributed by atoms with Gasteiger partial charge < -0.3 is 8.92 Å². The largest absolute Gasteiger partial charge is 0.448 e. The summed E-state index contributed by atoms with van der Waals surface area (Å²) in [5.41, 5.74) is -0.160. The fourth-order valence-electron chi connectivity index (χ4n) is 1.73. The number of nitro groups is 1. The molecule has 132 valence electrons. The maximum absolute atomic E-state index is 13.1. The van der Waals surface area contributed by atoms with Gasteiger partial charge in [-0.1, -0.05) is 16.0 Å². The first-order valence-electron chi connectivity index (χ1n) is 6.97. The molecule has 2 rings (SSSR count). The lowest BCUT2D eigenvalue weighted by Gasteiger charge is -2.12. The van der Waals surface area contributed by atoms with E-state index in [2.05, 4.69) is 4.36 Å². The molecular formula is C15H13ClN2O6S. The number of benzene rings is 2. The Kier molecular flexibility index (Phi) is 5.94. The van der Waals surface area contributed by atoms with Crippen molar-refractivity contribution in [2.24, 2.45) is 4.36 Å². The number of nitro benzene ring substituents is 1. The number of ether oxygens (including phenoxy) is 1. The number of hydrogen-bond donors (Lipinski definition) is 0. The zero-order valence-corrected chi connectivity index (χ0v) is 14.5. The van der Waals surface area contributed by atoms with E-state index in [0.29, 0.717) is 5.02 Å². The van der Waals surface area contributed by atoms with Crippen molar-refractivity contribution in [1.29, 1.82) is 0 Å². The lowest BCUT2D eigenvalue weighted by Crippen LogP contribution is -2.13. The summed E-state index contributed by atoms with van der Waals surface area (Å²) >= 11 is 5.80. The van der Waals surface area contributed by atoms with Crippen molar-refractivity contribution in [2.75, 3.05) is 6.61 Å². The van der Waals surface area contributed by atoms with Gasteiger partial charge in [0, 0.05) is 17.2 Å². The first-order chi connectivity index (χ1) is 11.8. The second-order valence-corrected chi connectivity index (χ2v) is 6.76. The summed E-state index contributed by atoms with van der Waals surface area (Å²) < 4.78 is 26.7. The summed E-state index contributed by atoms with van der Waals surface area (Å²) in [6, 6.07) is 10.6. The zero-order chi connectivity index (χ0) is 18.4. The second-order valence-electron chi connectivity index (χ2n) is 4.55. The number of carbonyl (C=O) groups excluding carboxylic acids is 1. The van der Waals surface area contributed by atoms with Gasteiger partial charge in [0.2, 0.25) is 10.0 Å². The molecule has 0 heterocycles. The van der Waals surface area contributed by atoms with E-state index < -0.39 is 21.0 Å². The third-order valence-electron chi connectivity index (χ3n) is 2.83. The Morgan fingerprint density at radius 1 is 1.20 bits per heavy atom. The molecule has 0 radical (unpaired) electrons. The van der Waals surface area contributed by atoms with Crippen LogP contribution in [0.1, 0.15) is 6.92 Å². The number of hydrogen-bond acceptors (Lipinski definition) is 6. The molecule has 0 saturated carbocycles. The summed E-state index contributed by atoms with van der Waals surface area (Å²) in [6.45, 7) is 1.63. The topological polar surface area (TPSA) is 108 Å². The third kappa shape index (κ3) is 4.91. The maximum atomic E-state index is 13.1.